The molecule has 0 heterocycles. The van der Waals surface area contributed by atoms with Crippen molar-refractivity contribution >= 4 is 16.2 Å². The molecule has 0 saturated heterocycles. The third kappa shape index (κ3) is 2.67. The highest BCUT2D eigenvalue weighted by Gasteiger charge is 2.57. The highest BCUT2D eigenvalue weighted by Crippen LogP contribution is 2.62. The normalized spacial score (nSPS) is 52.2. The van der Waals surface area contributed by atoms with Gasteiger partial charge < -0.3 is 0 Å². The molecule has 1 N–H and O–H groups in total. The van der Waals surface area contributed by atoms with Crippen molar-refractivity contribution in [3.05, 3.63) is 11.6 Å². The monoisotopic (exact) mass is 357 g/mol. The van der Waals surface area contributed by atoms with E-state index in [9.17, 15) is 17.8 Å². The molecule has 6 heteroatoms. The molecule has 6 atom stereocenters. The minimum atomic E-state index is -4.95. The van der Waals surface area contributed by atoms with E-state index in [-0.39, 0.29) is 24.0 Å². The number of rotatable bonds is 2. The summed E-state index contributed by atoms with van der Waals surface area (Å²) >= 11 is 0. The topological polar surface area (TPSA) is 80.7 Å². The van der Waals surface area contributed by atoms with Gasteiger partial charge in [0.15, 0.2) is 5.78 Å². The van der Waals surface area contributed by atoms with Crippen molar-refractivity contribution in [2.45, 2.75) is 64.3 Å². The molecule has 0 unspecified atom stereocenters. The summed E-state index contributed by atoms with van der Waals surface area (Å²) in [6.07, 6.45) is 1.53. The largest absolute Gasteiger partial charge is 0.397 e. The van der Waals surface area contributed by atoms with E-state index in [0.29, 0.717) is 24.7 Å². The first-order valence-electron chi connectivity index (χ1n) is 10.3. The molecule has 4 aliphatic carbocycles. The molecule has 24 heavy (non-hydrogen) atoms. The van der Waals surface area contributed by atoms with E-state index in [4.69, 9.17) is 8.30 Å². The Balaban J connectivity index is 1.70. The Morgan fingerprint density at radius 2 is 2.08 bits per heavy atom. The maximum Gasteiger partial charge on any atom is 0.397 e. The van der Waals surface area contributed by atoms with Gasteiger partial charge >= 0.3 is 10.4 Å². The standard InChI is InChI=1S/C18H26O5S/c1-18-9-8-14-13-5-3-12(19)10-11(13)2-4-15(14)16(18)6-7-17(18)23-24(20,21)22/h10,13-17H,2-9H2,1H3,(H,20,21,22)/t13-,14+,15+,16-,17+,18-/m0/s1/i7D2,17D. The lowest BCUT2D eigenvalue weighted by atomic mass is 9.52. The van der Waals surface area contributed by atoms with Gasteiger partial charge in [-0.1, -0.05) is 12.5 Å². The van der Waals surface area contributed by atoms with Crippen LogP contribution in [0.25, 0.3) is 0 Å². The molecule has 5 nitrogen and oxygen atoms in total. The van der Waals surface area contributed by atoms with Gasteiger partial charge in [0.1, 0.15) is 0 Å². The lowest BCUT2D eigenvalue weighted by Gasteiger charge is -2.53. The van der Waals surface area contributed by atoms with Crippen molar-refractivity contribution < 1.29 is 26.1 Å². The summed E-state index contributed by atoms with van der Waals surface area (Å²) < 4.78 is 62.2. The Labute approximate surface area is 148 Å². The first-order valence-corrected chi connectivity index (χ1v) is 10.2. The van der Waals surface area contributed by atoms with Gasteiger partial charge in [0, 0.05) is 9.16 Å². The zero-order valence-corrected chi connectivity index (χ0v) is 14.6. The molecular formula is C18H26O5S. The van der Waals surface area contributed by atoms with Crippen LogP contribution in [0.1, 0.15) is 62.4 Å². The fraction of sp³-hybridized carbons (Fsp3) is 0.833. The van der Waals surface area contributed by atoms with E-state index >= 15 is 0 Å². The van der Waals surface area contributed by atoms with Crippen molar-refractivity contribution in [1.82, 2.24) is 0 Å². The van der Waals surface area contributed by atoms with E-state index in [1.807, 2.05) is 0 Å². The highest BCUT2D eigenvalue weighted by atomic mass is 32.3. The molecule has 0 radical (unpaired) electrons. The maximum absolute atomic E-state index is 11.8. The summed E-state index contributed by atoms with van der Waals surface area (Å²) in [4.78, 5) is 11.8. The molecule has 4 rings (SSSR count). The van der Waals surface area contributed by atoms with Crippen LogP contribution in [0, 0.1) is 29.1 Å². The van der Waals surface area contributed by atoms with Gasteiger partial charge in [-0.2, -0.15) is 8.42 Å². The molecule has 0 aliphatic heterocycles. The summed E-state index contributed by atoms with van der Waals surface area (Å²) in [5.74, 6) is 0.834. The van der Waals surface area contributed by atoms with Gasteiger partial charge in [-0.15, -0.1) is 0 Å². The van der Waals surface area contributed by atoms with Crippen LogP contribution in [0.4, 0.5) is 0 Å². The van der Waals surface area contributed by atoms with Crippen molar-refractivity contribution in [1.29, 1.82) is 0 Å². The zero-order chi connectivity index (χ0) is 19.8. The molecule has 0 bridgehead atoms. The predicted octanol–water partition coefficient (Wildman–Crippen LogP) is 3.32. The summed E-state index contributed by atoms with van der Waals surface area (Å²) in [5, 5.41) is 0. The fourth-order valence-electron chi connectivity index (χ4n) is 5.79. The summed E-state index contributed by atoms with van der Waals surface area (Å²) in [6, 6.07) is 0. The Morgan fingerprint density at radius 3 is 2.83 bits per heavy atom. The van der Waals surface area contributed by atoms with Crippen LogP contribution in [0.2, 0.25) is 0 Å². The molecule has 0 aromatic heterocycles. The minimum absolute atomic E-state index is 0.0500. The minimum Gasteiger partial charge on any atom is -0.295 e. The quantitative estimate of drug-likeness (QED) is 0.767. The van der Waals surface area contributed by atoms with Gasteiger partial charge in [-0.05, 0) is 80.1 Å². The molecule has 0 aromatic carbocycles. The number of hydrogen-bond acceptors (Lipinski definition) is 4. The molecular weight excluding hydrogens is 328 g/mol. The van der Waals surface area contributed by atoms with Crippen LogP contribution >= 0.6 is 0 Å². The van der Waals surface area contributed by atoms with Crippen molar-refractivity contribution in [3.63, 3.8) is 0 Å². The lowest BCUT2D eigenvalue weighted by Crippen LogP contribution is -2.48. The average Bonchev–Trinajstić information content (AvgIpc) is 2.69. The van der Waals surface area contributed by atoms with Crippen LogP contribution in [-0.2, 0) is 19.4 Å². The zero-order valence-electron chi connectivity index (χ0n) is 16.8. The van der Waals surface area contributed by atoms with Crippen LogP contribution in [0.15, 0.2) is 11.6 Å². The first-order chi connectivity index (χ1) is 12.4. The van der Waals surface area contributed by atoms with Crippen molar-refractivity contribution in [3.8, 4) is 0 Å². The number of allylic oxidation sites excluding steroid dienone is 1. The molecule has 4 aliphatic rings. The molecule has 134 valence electrons. The second-order valence-corrected chi connectivity index (χ2v) is 9.00. The van der Waals surface area contributed by atoms with E-state index in [1.165, 1.54) is 5.57 Å². The predicted molar refractivity (Wildman–Crippen MR) is 88.5 cm³/mol. The van der Waals surface area contributed by atoms with Crippen LogP contribution in [0.3, 0.4) is 0 Å². The fourth-order valence-corrected chi connectivity index (χ4v) is 6.25. The Kier molecular flexibility index (Phi) is 3.17. The van der Waals surface area contributed by atoms with Crippen molar-refractivity contribution in [2.75, 3.05) is 0 Å². The second-order valence-electron chi connectivity index (χ2n) is 7.98. The number of carbonyl (C=O) groups excluding carboxylic acids is 1. The molecule has 3 fully saturated rings. The van der Waals surface area contributed by atoms with E-state index in [1.54, 1.807) is 13.0 Å². The highest BCUT2D eigenvalue weighted by molar-refractivity contribution is 7.80. The molecule has 3 saturated carbocycles. The van der Waals surface area contributed by atoms with E-state index < -0.39 is 28.3 Å². The third-order valence-corrected chi connectivity index (χ3v) is 7.26. The van der Waals surface area contributed by atoms with Gasteiger partial charge in [0.25, 0.3) is 0 Å². The third-order valence-electron chi connectivity index (χ3n) is 6.88. The van der Waals surface area contributed by atoms with E-state index in [0.717, 1.165) is 25.7 Å². The average molecular weight is 357 g/mol. The molecule has 0 aromatic rings. The molecule has 0 amide bonds. The lowest BCUT2D eigenvalue weighted by molar-refractivity contribution is -0.116. The SMILES string of the molecule is [2H]C1([2H])C[C@H]2[C@@H]3CCC4=CC(=O)CC[C@@H]4[C@H]3CC[C@]2(C)[C@]1([2H])OS(=O)(=O)O. The van der Waals surface area contributed by atoms with Gasteiger partial charge in [-0.25, -0.2) is 4.18 Å². The smallest absolute Gasteiger partial charge is 0.295 e. The Morgan fingerprint density at radius 1 is 1.29 bits per heavy atom. The molecule has 0 spiro atoms. The second kappa shape index (κ2) is 5.64. The van der Waals surface area contributed by atoms with Crippen molar-refractivity contribution in [2.24, 2.45) is 29.1 Å². The Bertz CT molecular complexity index is 810. The summed E-state index contributed by atoms with van der Waals surface area (Å²) in [6.45, 7) is 1.74. The van der Waals surface area contributed by atoms with Gasteiger partial charge in [0.05, 0.1) is 7.45 Å². The van der Waals surface area contributed by atoms with Gasteiger partial charge in [0.2, 0.25) is 0 Å². The Hall–Kier alpha value is -0.720. The number of hydrogen-bond donors (Lipinski definition) is 1. The van der Waals surface area contributed by atoms with Crippen LogP contribution in [-0.4, -0.2) is 24.8 Å². The maximum atomic E-state index is 11.8. The van der Waals surface area contributed by atoms with E-state index in [2.05, 4.69) is 0 Å². The number of fused-ring (bicyclic) bond motifs is 5. The summed E-state index contributed by atoms with van der Waals surface area (Å²) in [5.41, 5.74) is 0.211. The van der Waals surface area contributed by atoms with Crippen LogP contribution < -0.4 is 0 Å². The number of carbonyl (C=O) groups is 1. The number of ketones is 1. The van der Waals surface area contributed by atoms with Crippen LogP contribution in [0.5, 0.6) is 0 Å². The summed E-state index contributed by atoms with van der Waals surface area (Å²) in [7, 11) is -4.95. The first kappa shape index (κ1) is 13.5. The van der Waals surface area contributed by atoms with Gasteiger partial charge in [-0.3, -0.25) is 9.35 Å².